The minimum atomic E-state index is -4.59. The molecule has 0 N–H and O–H groups in total. The molecule has 0 aliphatic carbocycles. The van der Waals surface area contributed by atoms with Gasteiger partial charge in [-0.25, -0.2) is 19.3 Å². The Kier molecular flexibility index (Phi) is 7.61. The van der Waals surface area contributed by atoms with Gasteiger partial charge >= 0.3 is 6.18 Å². The fourth-order valence-corrected chi connectivity index (χ4v) is 5.86. The van der Waals surface area contributed by atoms with Crippen molar-refractivity contribution < 1.29 is 13.2 Å². The Morgan fingerprint density at radius 3 is 1.36 bits per heavy atom. The highest BCUT2D eigenvalue weighted by Crippen LogP contribution is 2.48. The average molecular weight is 628 g/mol. The number of hydrogen-bond donors (Lipinski definition) is 0. The number of hydrogen-bond acceptors (Lipinski definition) is 5. The second kappa shape index (κ2) is 12.1. The molecule has 10 heteroatoms. The number of anilines is 2. The predicted molar refractivity (Wildman–Crippen MR) is 174 cm³/mol. The van der Waals surface area contributed by atoms with Gasteiger partial charge in [0.1, 0.15) is 17.2 Å². The smallest absolute Gasteiger partial charge is 0.292 e. The van der Waals surface area contributed by atoms with E-state index in [-0.39, 0.29) is 5.82 Å². The first-order chi connectivity index (χ1) is 22.8. The van der Waals surface area contributed by atoms with Crippen LogP contribution >= 0.6 is 0 Å². The van der Waals surface area contributed by atoms with E-state index in [2.05, 4.69) is 46.6 Å². The second-order valence-corrected chi connectivity index (χ2v) is 10.9. The van der Waals surface area contributed by atoms with Gasteiger partial charge in [-0.2, -0.15) is 23.4 Å². The monoisotopic (exact) mass is 627 g/mol. The molecule has 47 heavy (non-hydrogen) atoms. The van der Waals surface area contributed by atoms with E-state index in [1.54, 1.807) is 16.8 Å². The minimum absolute atomic E-state index is 0.213. The summed E-state index contributed by atoms with van der Waals surface area (Å²) in [5.41, 5.74) is 1.55. The lowest BCUT2D eigenvalue weighted by Gasteiger charge is -2.45. The van der Waals surface area contributed by atoms with Crippen LogP contribution in [0.25, 0.3) is 11.6 Å². The third-order valence-electron chi connectivity index (χ3n) is 7.88. The standard InChI is InChI=1S/C37H28F3N7/c1-27-23-25-45(43-27)32-19-11-21-34(41-32)47(35-22-12-20-33(42-35)46-26-24-31(44-46)37(38,39)40)36(28-13-5-2-6-14-28,29-15-7-3-8-16-29)30-17-9-4-10-18-30/h2-26H,1H3. The van der Waals surface area contributed by atoms with Crippen LogP contribution in [0, 0.1) is 6.92 Å². The molecule has 0 aliphatic rings. The third kappa shape index (κ3) is 5.54. The first-order valence-electron chi connectivity index (χ1n) is 14.9. The summed E-state index contributed by atoms with van der Waals surface area (Å²) in [5, 5.41) is 8.38. The molecule has 232 valence electrons. The van der Waals surface area contributed by atoms with E-state index < -0.39 is 17.4 Å². The minimum Gasteiger partial charge on any atom is -0.292 e. The van der Waals surface area contributed by atoms with Crippen LogP contribution < -0.4 is 4.90 Å². The first-order valence-corrected chi connectivity index (χ1v) is 14.9. The van der Waals surface area contributed by atoms with Crippen LogP contribution in [-0.4, -0.2) is 29.5 Å². The van der Waals surface area contributed by atoms with Crippen LogP contribution in [0.15, 0.2) is 152 Å². The lowest BCUT2D eigenvalue weighted by atomic mass is 9.75. The van der Waals surface area contributed by atoms with Crippen molar-refractivity contribution in [3.05, 3.63) is 180 Å². The summed E-state index contributed by atoms with van der Waals surface area (Å²) in [6, 6.07) is 43.8. The van der Waals surface area contributed by atoms with Crippen molar-refractivity contribution >= 4 is 11.6 Å². The van der Waals surface area contributed by atoms with Crippen molar-refractivity contribution in [3.63, 3.8) is 0 Å². The number of aromatic nitrogens is 6. The van der Waals surface area contributed by atoms with Crippen molar-refractivity contribution in [3.8, 4) is 11.6 Å². The normalized spacial score (nSPS) is 11.8. The molecule has 0 bridgehead atoms. The number of pyridine rings is 2. The van der Waals surface area contributed by atoms with Gasteiger partial charge in [-0.1, -0.05) is 103 Å². The number of halogens is 3. The summed E-state index contributed by atoms with van der Waals surface area (Å²) in [4.78, 5) is 12.1. The Morgan fingerprint density at radius 2 is 0.957 bits per heavy atom. The summed E-state index contributed by atoms with van der Waals surface area (Å²) < 4.78 is 43.4. The largest absolute Gasteiger partial charge is 0.435 e. The van der Waals surface area contributed by atoms with Gasteiger partial charge in [0.2, 0.25) is 0 Å². The molecule has 7 aromatic rings. The van der Waals surface area contributed by atoms with Crippen molar-refractivity contribution in [2.75, 3.05) is 4.90 Å². The highest BCUT2D eigenvalue weighted by molar-refractivity contribution is 5.70. The highest BCUT2D eigenvalue weighted by Gasteiger charge is 2.45. The summed E-state index contributed by atoms with van der Waals surface area (Å²) in [6.45, 7) is 1.91. The van der Waals surface area contributed by atoms with Crippen molar-refractivity contribution in [2.24, 2.45) is 0 Å². The number of nitrogens with zero attached hydrogens (tertiary/aromatic N) is 7. The molecule has 0 amide bonds. The number of benzene rings is 3. The van der Waals surface area contributed by atoms with Crippen LogP contribution in [0.5, 0.6) is 0 Å². The van der Waals surface area contributed by atoms with Gasteiger partial charge in [0.15, 0.2) is 17.3 Å². The molecule has 7 nitrogen and oxygen atoms in total. The molecule has 0 spiro atoms. The molecule has 0 radical (unpaired) electrons. The number of alkyl halides is 3. The zero-order valence-corrected chi connectivity index (χ0v) is 25.2. The molecule has 0 aliphatic heterocycles. The van der Waals surface area contributed by atoms with E-state index >= 15 is 0 Å². The van der Waals surface area contributed by atoms with E-state index in [0.717, 1.165) is 33.1 Å². The van der Waals surface area contributed by atoms with Crippen molar-refractivity contribution in [2.45, 2.75) is 18.6 Å². The van der Waals surface area contributed by atoms with Crippen LogP contribution in [0.2, 0.25) is 0 Å². The Bertz CT molecular complexity index is 2010. The molecule has 0 saturated heterocycles. The number of rotatable bonds is 8. The zero-order chi connectivity index (χ0) is 32.4. The maximum Gasteiger partial charge on any atom is 0.435 e. The molecule has 3 aromatic carbocycles. The Hall–Kier alpha value is -6.03. The van der Waals surface area contributed by atoms with Gasteiger partial charge in [0.25, 0.3) is 0 Å². The molecule has 0 unspecified atom stereocenters. The van der Waals surface area contributed by atoms with Crippen LogP contribution in [-0.2, 0) is 11.7 Å². The molecule has 0 fully saturated rings. The second-order valence-electron chi connectivity index (χ2n) is 10.9. The predicted octanol–water partition coefficient (Wildman–Crippen LogP) is 8.31. The quantitative estimate of drug-likeness (QED) is 0.159. The Labute approximate surface area is 269 Å². The summed E-state index contributed by atoms with van der Waals surface area (Å²) in [6.07, 6.45) is -1.48. The molecule has 0 saturated carbocycles. The van der Waals surface area contributed by atoms with E-state index in [9.17, 15) is 13.2 Å². The molecular formula is C37H28F3N7. The van der Waals surface area contributed by atoms with E-state index in [0.29, 0.717) is 17.5 Å². The number of aryl methyl sites for hydroxylation is 1. The van der Waals surface area contributed by atoms with Gasteiger partial charge in [-0.15, -0.1) is 0 Å². The zero-order valence-electron chi connectivity index (χ0n) is 25.2. The first kappa shape index (κ1) is 29.7. The maximum absolute atomic E-state index is 13.5. The van der Waals surface area contributed by atoms with Crippen molar-refractivity contribution in [1.29, 1.82) is 0 Å². The van der Waals surface area contributed by atoms with Gasteiger partial charge in [-0.3, -0.25) is 4.90 Å². The van der Waals surface area contributed by atoms with Crippen LogP contribution in [0.3, 0.4) is 0 Å². The van der Waals surface area contributed by atoms with Crippen LogP contribution in [0.1, 0.15) is 28.1 Å². The van der Waals surface area contributed by atoms with Crippen LogP contribution in [0.4, 0.5) is 24.8 Å². The molecule has 7 rings (SSSR count). The fraction of sp³-hybridized carbons (Fsp3) is 0.0811. The third-order valence-corrected chi connectivity index (χ3v) is 7.88. The van der Waals surface area contributed by atoms with Gasteiger partial charge in [0.05, 0.1) is 5.69 Å². The topological polar surface area (TPSA) is 64.7 Å². The van der Waals surface area contributed by atoms with Gasteiger partial charge in [-0.05, 0) is 60.0 Å². The fourth-order valence-electron chi connectivity index (χ4n) is 5.86. The SMILES string of the molecule is Cc1ccn(-c2cccc(N(c3cccc(-n4ccc(C(F)(F)F)n4)n3)C(c3ccccc3)(c3ccccc3)c3ccccc3)n2)n1. The summed E-state index contributed by atoms with van der Waals surface area (Å²) in [5.74, 6) is 1.77. The van der Waals surface area contributed by atoms with E-state index in [4.69, 9.17) is 9.97 Å². The summed E-state index contributed by atoms with van der Waals surface area (Å²) >= 11 is 0. The summed E-state index contributed by atoms with van der Waals surface area (Å²) in [7, 11) is 0. The Balaban J connectivity index is 1.55. The van der Waals surface area contributed by atoms with E-state index in [1.165, 1.54) is 6.20 Å². The highest BCUT2D eigenvalue weighted by atomic mass is 19.4. The van der Waals surface area contributed by atoms with Gasteiger partial charge < -0.3 is 0 Å². The van der Waals surface area contributed by atoms with E-state index in [1.807, 2.05) is 103 Å². The molecule has 4 heterocycles. The van der Waals surface area contributed by atoms with Crippen molar-refractivity contribution in [1.82, 2.24) is 29.5 Å². The Morgan fingerprint density at radius 1 is 0.511 bits per heavy atom. The molecule has 0 atom stereocenters. The maximum atomic E-state index is 13.5. The molecule has 4 aromatic heterocycles. The average Bonchev–Trinajstić information content (AvgIpc) is 3.79. The molecular weight excluding hydrogens is 599 g/mol. The lowest BCUT2D eigenvalue weighted by molar-refractivity contribution is -0.141. The lowest BCUT2D eigenvalue weighted by Crippen LogP contribution is -2.46. The van der Waals surface area contributed by atoms with Gasteiger partial charge in [0, 0.05) is 12.4 Å².